The summed E-state index contributed by atoms with van der Waals surface area (Å²) in [5.41, 5.74) is 0.693. The Bertz CT molecular complexity index is 505. The van der Waals surface area contributed by atoms with Crippen molar-refractivity contribution in [2.24, 2.45) is 0 Å². The minimum atomic E-state index is -0.101. The predicted octanol–water partition coefficient (Wildman–Crippen LogP) is 4.44. The first-order chi connectivity index (χ1) is 8.66. The van der Waals surface area contributed by atoms with Gasteiger partial charge in [-0.1, -0.05) is 11.6 Å². The number of thioether (sulfide) groups is 1. The van der Waals surface area contributed by atoms with Gasteiger partial charge in [-0.25, -0.2) is 0 Å². The molecule has 2 nitrogen and oxygen atoms in total. The number of carbonyl (C=O) groups excluding carboxylic acids is 1. The molecule has 0 aliphatic heterocycles. The highest BCUT2D eigenvalue weighted by Crippen LogP contribution is 2.22. The van der Waals surface area contributed by atoms with E-state index >= 15 is 0 Å². The second kappa shape index (κ2) is 6.12. The zero-order valence-corrected chi connectivity index (χ0v) is 11.5. The third kappa shape index (κ3) is 3.40. The van der Waals surface area contributed by atoms with Crippen molar-refractivity contribution >= 4 is 29.1 Å². The number of furan rings is 1. The fourth-order valence-corrected chi connectivity index (χ4v) is 2.52. The number of halogens is 1. The van der Waals surface area contributed by atoms with E-state index in [4.69, 9.17) is 16.0 Å². The molecule has 1 heterocycles. The van der Waals surface area contributed by atoms with Crippen LogP contribution in [0.3, 0.4) is 0 Å². The van der Waals surface area contributed by atoms with Crippen LogP contribution in [0.1, 0.15) is 23.0 Å². The summed E-state index contributed by atoms with van der Waals surface area (Å²) in [6.07, 6.45) is 1.64. The van der Waals surface area contributed by atoms with Crippen molar-refractivity contribution < 1.29 is 9.21 Å². The Balaban J connectivity index is 1.94. The van der Waals surface area contributed by atoms with Gasteiger partial charge in [0.15, 0.2) is 5.78 Å². The van der Waals surface area contributed by atoms with Crippen LogP contribution in [0.2, 0.25) is 5.02 Å². The molecule has 0 aliphatic rings. The normalized spacial score (nSPS) is 12.3. The van der Waals surface area contributed by atoms with Gasteiger partial charge in [0.1, 0.15) is 5.76 Å². The summed E-state index contributed by atoms with van der Waals surface area (Å²) < 4.78 is 5.24. The highest BCUT2D eigenvalue weighted by molar-refractivity contribution is 7.99. The third-order valence-electron chi connectivity index (χ3n) is 2.55. The molecule has 0 aliphatic carbocycles. The molecule has 0 bridgehead atoms. The van der Waals surface area contributed by atoms with Crippen molar-refractivity contribution in [3.05, 3.63) is 59.0 Å². The Labute approximate surface area is 115 Å². The molecule has 2 aromatic rings. The van der Waals surface area contributed by atoms with Crippen LogP contribution in [0.15, 0.2) is 47.1 Å². The van der Waals surface area contributed by atoms with E-state index in [0.717, 1.165) is 5.76 Å². The van der Waals surface area contributed by atoms with E-state index in [0.29, 0.717) is 16.3 Å². The Morgan fingerprint density at radius 2 is 2.06 bits per heavy atom. The molecule has 0 fully saturated rings. The van der Waals surface area contributed by atoms with Gasteiger partial charge in [0.25, 0.3) is 0 Å². The zero-order chi connectivity index (χ0) is 13.0. The molecule has 0 saturated heterocycles. The van der Waals surface area contributed by atoms with Crippen molar-refractivity contribution in [1.82, 2.24) is 0 Å². The maximum absolute atomic E-state index is 12.1. The second-order valence-corrected chi connectivity index (χ2v) is 5.67. The summed E-state index contributed by atoms with van der Waals surface area (Å²) in [7, 11) is 0. The molecule has 0 unspecified atom stereocenters. The highest BCUT2D eigenvalue weighted by atomic mass is 35.5. The molecular weight excluding hydrogens is 268 g/mol. The second-order valence-electron chi connectivity index (χ2n) is 3.90. The molecule has 1 atom stereocenters. The van der Waals surface area contributed by atoms with Crippen LogP contribution in [0.4, 0.5) is 0 Å². The molecule has 0 saturated carbocycles. The summed E-state index contributed by atoms with van der Waals surface area (Å²) in [5, 5.41) is 0.540. The minimum absolute atomic E-state index is 0.101. The molecule has 0 amide bonds. The van der Waals surface area contributed by atoms with Gasteiger partial charge >= 0.3 is 0 Å². The molecule has 4 heteroatoms. The van der Waals surface area contributed by atoms with E-state index < -0.39 is 0 Å². The van der Waals surface area contributed by atoms with E-state index in [1.165, 1.54) is 0 Å². The maximum Gasteiger partial charge on any atom is 0.175 e. The summed E-state index contributed by atoms with van der Waals surface area (Å²) in [6, 6.07) is 10.7. The third-order valence-corrected chi connectivity index (χ3v) is 3.97. The summed E-state index contributed by atoms with van der Waals surface area (Å²) in [5.74, 6) is 1.70. The van der Waals surface area contributed by atoms with Gasteiger partial charge in [0, 0.05) is 10.6 Å². The maximum atomic E-state index is 12.1. The summed E-state index contributed by atoms with van der Waals surface area (Å²) in [6.45, 7) is 1.91. The van der Waals surface area contributed by atoms with Gasteiger partial charge in [0.2, 0.25) is 0 Å². The molecular formula is C14H13ClO2S. The largest absolute Gasteiger partial charge is 0.468 e. The SMILES string of the molecule is C[C@H](SCc1ccco1)C(=O)c1ccc(Cl)cc1. The number of rotatable bonds is 5. The van der Waals surface area contributed by atoms with Gasteiger partial charge in [-0.2, -0.15) is 0 Å². The van der Waals surface area contributed by atoms with E-state index in [1.807, 2.05) is 19.1 Å². The molecule has 0 N–H and O–H groups in total. The number of hydrogen-bond acceptors (Lipinski definition) is 3. The topological polar surface area (TPSA) is 30.2 Å². The number of ketones is 1. The summed E-state index contributed by atoms with van der Waals surface area (Å²) >= 11 is 7.36. The van der Waals surface area contributed by atoms with Gasteiger partial charge < -0.3 is 4.42 Å². The number of Topliss-reactive ketones (excluding diaryl/α,β-unsaturated/α-hetero) is 1. The van der Waals surface area contributed by atoms with E-state index in [2.05, 4.69) is 0 Å². The quantitative estimate of drug-likeness (QED) is 0.759. The first-order valence-corrected chi connectivity index (χ1v) is 7.03. The fourth-order valence-electron chi connectivity index (χ4n) is 1.53. The van der Waals surface area contributed by atoms with Crippen molar-refractivity contribution in [3.63, 3.8) is 0 Å². The predicted molar refractivity (Wildman–Crippen MR) is 75.2 cm³/mol. The van der Waals surface area contributed by atoms with Gasteiger partial charge in [-0.15, -0.1) is 11.8 Å². The van der Waals surface area contributed by atoms with Crippen LogP contribution in [0.25, 0.3) is 0 Å². The first-order valence-electron chi connectivity index (χ1n) is 5.60. The number of hydrogen-bond donors (Lipinski definition) is 0. The van der Waals surface area contributed by atoms with E-state index in [1.54, 1.807) is 42.3 Å². The van der Waals surface area contributed by atoms with Crippen molar-refractivity contribution in [2.45, 2.75) is 17.9 Å². The average Bonchev–Trinajstić information content (AvgIpc) is 2.89. The lowest BCUT2D eigenvalue weighted by Crippen LogP contribution is -2.13. The smallest absolute Gasteiger partial charge is 0.175 e. The van der Waals surface area contributed by atoms with Crippen molar-refractivity contribution in [3.8, 4) is 0 Å². The molecule has 0 radical (unpaired) electrons. The van der Waals surface area contributed by atoms with Crippen LogP contribution in [0, 0.1) is 0 Å². The Morgan fingerprint density at radius 3 is 2.67 bits per heavy atom. The van der Waals surface area contributed by atoms with Crippen molar-refractivity contribution in [1.29, 1.82) is 0 Å². The Hall–Kier alpha value is -1.19. The molecule has 1 aromatic heterocycles. The number of benzene rings is 1. The monoisotopic (exact) mass is 280 g/mol. The molecule has 0 spiro atoms. The van der Waals surface area contributed by atoms with Gasteiger partial charge in [0.05, 0.1) is 17.3 Å². The standard InChI is InChI=1S/C14H13ClO2S/c1-10(18-9-13-3-2-8-17-13)14(16)11-4-6-12(15)7-5-11/h2-8,10H,9H2,1H3/t10-/m0/s1. The molecule has 2 rings (SSSR count). The van der Waals surface area contributed by atoms with Crippen LogP contribution in [-0.2, 0) is 5.75 Å². The van der Waals surface area contributed by atoms with E-state index in [9.17, 15) is 4.79 Å². The number of carbonyl (C=O) groups is 1. The highest BCUT2D eigenvalue weighted by Gasteiger charge is 2.16. The Kier molecular flexibility index (Phi) is 4.50. The first kappa shape index (κ1) is 13.2. The van der Waals surface area contributed by atoms with E-state index in [-0.39, 0.29) is 11.0 Å². The van der Waals surface area contributed by atoms with Crippen LogP contribution in [0.5, 0.6) is 0 Å². The van der Waals surface area contributed by atoms with Gasteiger partial charge in [-0.3, -0.25) is 4.79 Å². The lowest BCUT2D eigenvalue weighted by molar-refractivity contribution is 0.0994. The average molecular weight is 281 g/mol. The van der Waals surface area contributed by atoms with Gasteiger partial charge in [-0.05, 0) is 43.3 Å². The Morgan fingerprint density at radius 1 is 1.33 bits per heavy atom. The molecule has 1 aromatic carbocycles. The van der Waals surface area contributed by atoms with Crippen molar-refractivity contribution in [2.75, 3.05) is 0 Å². The van der Waals surface area contributed by atoms with Crippen LogP contribution >= 0.6 is 23.4 Å². The zero-order valence-electron chi connectivity index (χ0n) is 9.93. The fraction of sp³-hybridized carbons (Fsp3) is 0.214. The lowest BCUT2D eigenvalue weighted by Gasteiger charge is -2.09. The summed E-state index contributed by atoms with van der Waals surface area (Å²) in [4.78, 5) is 12.1. The molecule has 94 valence electrons. The molecule has 18 heavy (non-hydrogen) atoms. The minimum Gasteiger partial charge on any atom is -0.468 e. The van der Waals surface area contributed by atoms with Crippen LogP contribution in [-0.4, -0.2) is 11.0 Å². The van der Waals surface area contributed by atoms with Crippen LogP contribution < -0.4 is 0 Å². The lowest BCUT2D eigenvalue weighted by atomic mass is 10.1.